The van der Waals surface area contributed by atoms with Crippen molar-refractivity contribution in [3.8, 4) is 0 Å². The third kappa shape index (κ3) is 6.90. The van der Waals surface area contributed by atoms with Crippen LogP contribution in [0.1, 0.15) is 45.1 Å². The number of benzene rings is 4. The molecule has 0 spiro atoms. The fourth-order valence-corrected chi connectivity index (χ4v) is 8.27. The summed E-state index contributed by atoms with van der Waals surface area (Å²) >= 11 is 0. The molecule has 0 aromatic heterocycles. The Kier molecular flexibility index (Phi) is 11.5. The molecule has 39 heavy (non-hydrogen) atoms. The fourth-order valence-electron chi connectivity index (χ4n) is 5.34. The minimum absolute atomic E-state index is 0. The smallest absolute Gasteiger partial charge is 0.343 e. The Morgan fingerprint density at radius 3 is 1.56 bits per heavy atom. The van der Waals surface area contributed by atoms with Crippen molar-refractivity contribution in [2.75, 3.05) is 0 Å². The summed E-state index contributed by atoms with van der Waals surface area (Å²) in [6.07, 6.45) is 4.56. The van der Waals surface area contributed by atoms with E-state index in [-0.39, 0.29) is 26.2 Å². The van der Waals surface area contributed by atoms with E-state index in [0.29, 0.717) is 0 Å². The minimum Gasteiger partial charge on any atom is -0.343 e. The second kappa shape index (κ2) is 14.4. The van der Waals surface area contributed by atoms with Gasteiger partial charge in [-0.3, -0.25) is 0 Å². The average Bonchev–Trinajstić information content (AvgIpc) is 3.52. The van der Waals surface area contributed by atoms with E-state index >= 15 is 0 Å². The summed E-state index contributed by atoms with van der Waals surface area (Å²) in [6, 6.07) is 37.3. The molecule has 0 aliphatic carbocycles. The van der Waals surface area contributed by atoms with Crippen molar-refractivity contribution in [3.63, 3.8) is 0 Å². The van der Waals surface area contributed by atoms with Crippen LogP contribution in [0.5, 0.6) is 0 Å². The molecule has 0 nitrogen and oxygen atoms in total. The van der Waals surface area contributed by atoms with Gasteiger partial charge in [-0.2, -0.15) is 12.8 Å². The van der Waals surface area contributed by atoms with E-state index in [1.54, 1.807) is 5.19 Å². The average molecular weight is 606 g/mol. The van der Waals surface area contributed by atoms with Gasteiger partial charge in [0.15, 0.2) is 0 Å². The van der Waals surface area contributed by atoms with Gasteiger partial charge in [-0.25, -0.2) is 0 Å². The van der Waals surface area contributed by atoms with Gasteiger partial charge in [0, 0.05) is 8.07 Å². The van der Waals surface area contributed by atoms with Crippen LogP contribution >= 0.6 is 0 Å². The predicted octanol–water partition coefficient (Wildman–Crippen LogP) is 10.7. The Hall–Kier alpha value is -2.28. The first-order chi connectivity index (χ1) is 18.4. The third-order valence-corrected chi connectivity index (χ3v) is 10.6. The number of rotatable bonds is 5. The largest absolute Gasteiger partial charge is 4.00 e. The monoisotopic (exact) mass is 604 g/mol. The summed E-state index contributed by atoms with van der Waals surface area (Å²) in [5.74, 6) is 0. The maximum atomic E-state index is 3.60. The van der Waals surface area contributed by atoms with Gasteiger partial charge in [-0.15, -0.1) is 78.1 Å². The SMILES string of the molecule is C[Si](C)(Cc1cccc2c1[cH-]c1ccccc12)c1cccc2c1[cH-]c1ccccc12.[CH2-]CCC.[CH2-]CCC.[Zr+4]. The van der Waals surface area contributed by atoms with Crippen molar-refractivity contribution >= 4 is 56.4 Å². The molecule has 0 heterocycles. The van der Waals surface area contributed by atoms with Crippen molar-refractivity contribution in [2.45, 2.75) is 58.7 Å². The number of hydrogen-bond donors (Lipinski definition) is 0. The molecule has 0 atom stereocenters. The van der Waals surface area contributed by atoms with Crippen LogP contribution in [0.2, 0.25) is 13.1 Å². The van der Waals surface area contributed by atoms with E-state index in [1.165, 1.54) is 61.5 Å². The van der Waals surface area contributed by atoms with Gasteiger partial charge < -0.3 is 13.8 Å². The van der Waals surface area contributed by atoms with Crippen LogP contribution in [0.25, 0.3) is 43.1 Å². The molecule has 0 amide bonds. The number of hydrogen-bond acceptors (Lipinski definition) is 0. The van der Waals surface area contributed by atoms with Crippen molar-refractivity contribution in [3.05, 3.63) is 116 Å². The molecule has 0 saturated carbocycles. The summed E-state index contributed by atoms with van der Waals surface area (Å²) in [6.45, 7) is 16.5. The van der Waals surface area contributed by atoms with E-state index in [4.69, 9.17) is 0 Å². The van der Waals surface area contributed by atoms with Crippen LogP contribution in [-0.2, 0) is 32.2 Å². The van der Waals surface area contributed by atoms with E-state index in [2.05, 4.69) is 138 Å². The Balaban J connectivity index is 0.000000416. The van der Waals surface area contributed by atoms with Gasteiger partial charge in [0.1, 0.15) is 0 Å². The first kappa shape index (κ1) is 31.3. The first-order valence-electron chi connectivity index (χ1n) is 14.2. The summed E-state index contributed by atoms with van der Waals surface area (Å²) in [5.41, 5.74) is 1.49. The van der Waals surface area contributed by atoms with Gasteiger partial charge in [0.25, 0.3) is 0 Å². The molecule has 6 aromatic carbocycles. The predicted molar refractivity (Wildman–Crippen MR) is 175 cm³/mol. The molecule has 198 valence electrons. The zero-order chi connectivity index (χ0) is 27.1. The molecule has 2 heteroatoms. The van der Waals surface area contributed by atoms with Crippen LogP contribution in [0.15, 0.2) is 97.1 Å². The molecule has 0 aliphatic heterocycles. The molecule has 0 unspecified atom stereocenters. The molecule has 0 saturated heterocycles. The molecule has 0 N–H and O–H groups in total. The quantitative estimate of drug-likeness (QED) is 0.135. The Bertz CT molecular complexity index is 1610. The normalized spacial score (nSPS) is 11.1. The minimum atomic E-state index is -1.71. The topological polar surface area (TPSA) is 0 Å². The second-order valence-electron chi connectivity index (χ2n) is 10.9. The molecule has 6 aromatic rings. The molecule has 6 rings (SSSR count). The summed E-state index contributed by atoms with van der Waals surface area (Å²) in [5, 5.41) is 12.7. The molecule has 0 bridgehead atoms. The first-order valence-corrected chi connectivity index (χ1v) is 17.4. The summed E-state index contributed by atoms with van der Waals surface area (Å²) < 4.78 is 0. The Morgan fingerprint density at radius 1 is 0.590 bits per heavy atom. The van der Waals surface area contributed by atoms with Crippen LogP contribution in [0.3, 0.4) is 0 Å². The Morgan fingerprint density at radius 2 is 1.03 bits per heavy atom. The van der Waals surface area contributed by atoms with Gasteiger partial charge in [0.2, 0.25) is 0 Å². The van der Waals surface area contributed by atoms with Gasteiger partial charge in [-0.05, 0) is 0 Å². The van der Waals surface area contributed by atoms with E-state index < -0.39 is 8.07 Å². The molecular formula is C37H42SiZr. The number of unbranched alkanes of at least 4 members (excludes halogenated alkanes) is 2. The second-order valence-corrected chi connectivity index (χ2v) is 15.5. The van der Waals surface area contributed by atoms with Crippen molar-refractivity contribution in [1.82, 2.24) is 0 Å². The summed E-state index contributed by atoms with van der Waals surface area (Å²) in [4.78, 5) is 0. The Labute approximate surface area is 256 Å². The van der Waals surface area contributed by atoms with Crippen molar-refractivity contribution in [1.29, 1.82) is 0 Å². The van der Waals surface area contributed by atoms with E-state index in [9.17, 15) is 0 Å². The van der Waals surface area contributed by atoms with Crippen molar-refractivity contribution in [2.24, 2.45) is 0 Å². The maximum Gasteiger partial charge on any atom is 4.00 e. The van der Waals surface area contributed by atoms with Crippen LogP contribution in [0, 0.1) is 13.8 Å². The third-order valence-electron chi connectivity index (χ3n) is 7.47. The molecule has 0 fully saturated rings. The van der Waals surface area contributed by atoms with Gasteiger partial charge in [-0.1, -0.05) is 119 Å². The van der Waals surface area contributed by atoms with Crippen LogP contribution < -0.4 is 5.19 Å². The molecular weight excluding hydrogens is 564 g/mol. The standard InChI is InChI=1S/C29H24Si.2C4H9.Zr/c1-30(2,29-16-8-15-26-24-13-6-4-10-21(24)18-28(26)29)19-22-11-7-14-25-23-12-5-3-9-20(23)17-27(22)25;2*1-3-4-2;/h3-18H,19H2,1-2H3;2*1,3-4H2,2H3;/q-2;2*-1;+4. The van der Waals surface area contributed by atoms with E-state index in [1.807, 2.05) is 0 Å². The number of fused-ring (bicyclic) bond motifs is 6. The molecule has 0 radical (unpaired) electrons. The molecule has 0 aliphatic rings. The fraction of sp³-hybridized carbons (Fsp3) is 0.243. The van der Waals surface area contributed by atoms with E-state index in [0.717, 1.165) is 18.9 Å². The van der Waals surface area contributed by atoms with Crippen molar-refractivity contribution < 1.29 is 26.2 Å². The van der Waals surface area contributed by atoms with Crippen LogP contribution in [0.4, 0.5) is 0 Å². The van der Waals surface area contributed by atoms with Gasteiger partial charge >= 0.3 is 26.2 Å². The van der Waals surface area contributed by atoms with Crippen LogP contribution in [-0.4, -0.2) is 8.07 Å². The zero-order valence-electron chi connectivity index (χ0n) is 24.2. The zero-order valence-corrected chi connectivity index (χ0v) is 27.6. The summed E-state index contributed by atoms with van der Waals surface area (Å²) in [7, 11) is -1.71. The van der Waals surface area contributed by atoms with Gasteiger partial charge in [0.05, 0.1) is 0 Å². The maximum absolute atomic E-state index is 3.60.